The molecule has 2 N–H and O–H groups in total. The molecule has 7 heteroatoms. The smallest absolute Gasteiger partial charge is 0.335 e. The zero-order chi connectivity index (χ0) is 21.7. The molecule has 3 rings (SSSR count). The number of anilines is 1. The first kappa shape index (κ1) is 22.0. The number of aryl methyl sites for hydroxylation is 1. The van der Waals surface area contributed by atoms with Gasteiger partial charge in [-0.2, -0.15) is 0 Å². The lowest BCUT2D eigenvalue weighted by atomic mass is 10.1. The van der Waals surface area contributed by atoms with Crippen LogP contribution in [0.3, 0.4) is 0 Å². The van der Waals surface area contributed by atoms with Gasteiger partial charge >= 0.3 is 5.97 Å². The predicted molar refractivity (Wildman–Crippen MR) is 122 cm³/mol. The van der Waals surface area contributed by atoms with E-state index in [1.54, 1.807) is 13.2 Å². The monoisotopic (exact) mass is 489 g/mol. The number of benzene rings is 3. The fourth-order valence-corrected chi connectivity index (χ4v) is 3.54. The van der Waals surface area contributed by atoms with Gasteiger partial charge in [0.15, 0.2) is 11.5 Å². The van der Waals surface area contributed by atoms with E-state index in [0.29, 0.717) is 35.4 Å². The molecule has 3 aromatic rings. The van der Waals surface area contributed by atoms with Crippen molar-refractivity contribution in [2.75, 3.05) is 12.4 Å². The zero-order valence-electron chi connectivity index (χ0n) is 16.5. The van der Waals surface area contributed by atoms with Crippen LogP contribution >= 0.6 is 27.5 Å². The molecule has 0 radical (unpaired) electrons. The average molecular weight is 491 g/mol. The molecule has 0 heterocycles. The highest BCUT2D eigenvalue weighted by molar-refractivity contribution is 9.10. The van der Waals surface area contributed by atoms with Crippen LogP contribution in [0, 0.1) is 6.92 Å². The van der Waals surface area contributed by atoms with Crippen molar-refractivity contribution in [1.29, 1.82) is 0 Å². The van der Waals surface area contributed by atoms with E-state index >= 15 is 0 Å². The maximum absolute atomic E-state index is 11.2. The summed E-state index contributed by atoms with van der Waals surface area (Å²) in [4.78, 5) is 11.2. The number of rotatable bonds is 8. The van der Waals surface area contributed by atoms with Crippen LogP contribution in [0.5, 0.6) is 11.5 Å². The lowest BCUT2D eigenvalue weighted by Gasteiger charge is -2.16. The van der Waals surface area contributed by atoms with Crippen LogP contribution in [-0.2, 0) is 13.2 Å². The van der Waals surface area contributed by atoms with Crippen molar-refractivity contribution in [3.63, 3.8) is 0 Å². The van der Waals surface area contributed by atoms with Gasteiger partial charge in [0.05, 0.1) is 23.4 Å². The van der Waals surface area contributed by atoms with Gasteiger partial charge in [-0.1, -0.05) is 51.8 Å². The van der Waals surface area contributed by atoms with Crippen LogP contribution in [0.2, 0.25) is 5.02 Å². The Balaban J connectivity index is 1.76. The number of nitrogens with one attached hydrogen (secondary N) is 1. The number of halogens is 2. The Morgan fingerprint density at radius 1 is 1.10 bits per heavy atom. The molecule has 0 saturated carbocycles. The van der Waals surface area contributed by atoms with Crippen LogP contribution in [0.25, 0.3) is 0 Å². The molecule has 0 aliphatic heterocycles. The highest BCUT2D eigenvalue weighted by Gasteiger charge is 2.13. The summed E-state index contributed by atoms with van der Waals surface area (Å²) in [5, 5.41) is 12.8. The van der Waals surface area contributed by atoms with Crippen molar-refractivity contribution in [2.24, 2.45) is 0 Å². The van der Waals surface area contributed by atoms with Gasteiger partial charge in [-0.15, -0.1) is 0 Å². The summed E-state index contributed by atoms with van der Waals surface area (Å²) in [6.45, 7) is 2.90. The van der Waals surface area contributed by atoms with Crippen molar-refractivity contribution in [3.05, 3.63) is 86.3 Å². The van der Waals surface area contributed by atoms with E-state index in [9.17, 15) is 4.79 Å². The van der Waals surface area contributed by atoms with Crippen molar-refractivity contribution >= 4 is 39.2 Å². The summed E-state index contributed by atoms with van der Waals surface area (Å²) >= 11 is 9.77. The second-order valence-electron chi connectivity index (χ2n) is 6.66. The van der Waals surface area contributed by atoms with Gasteiger partial charge in [0.1, 0.15) is 6.61 Å². The number of aromatic carboxylic acids is 1. The van der Waals surface area contributed by atoms with Gasteiger partial charge in [0, 0.05) is 11.0 Å². The summed E-state index contributed by atoms with van der Waals surface area (Å²) in [5.74, 6) is 0.226. The Morgan fingerprint density at radius 2 is 1.87 bits per heavy atom. The number of ether oxygens (including phenoxy) is 2. The minimum atomic E-state index is -1.01. The molecule has 0 aliphatic rings. The average Bonchev–Trinajstić information content (AvgIpc) is 2.73. The molecule has 3 aromatic carbocycles. The summed E-state index contributed by atoms with van der Waals surface area (Å²) in [5.41, 5.74) is 3.89. The quantitative estimate of drug-likeness (QED) is 0.387. The number of carboxylic acid groups (broad SMARTS) is 1. The first-order valence-electron chi connectivity index (χ1n) is 9.19. The third-order valence-electron chi connectivity index (χ3n) is 4.66. The summed E-state index contributed by atoms with van der Waals surface area (Å²) in [7, 11) is 1.59. The Hall–Kier alpha value is -2.70. The van der Waals surface area contributed by atoms with E-state index in [-0.39, 0.29) is 5.56 Å². The SMILES string of the molecule is COc1cc(CNc2cc(C(=O)O)ccc2Cl)c(Br)cc1OCc1ccccc1C. The molecule has 0 aliphatic carbocycles. The highest BCUT2D eigenvalue weighted by Crippen LogP contribution is 2.35. The number of hydrogen-bond donors (Lipinski definition) is 2. The summed E-state index contributed by atoms with van der Waals surface area (Å²) in [6, 6.07) is 16.3. The van der Waals surface area contributed by atoms with E-state index in [0.717, 1.165) is 21.2 Å². The third-order valence-corrected chi connectivity index (χ3v) is 5.73. The van der Waals surface area contributed by atoms with E-state index in [1.807, 2.05) is 43.3 Å². The Bertz CT molecular complexity index is 1070. The Morgan fingerprint density at radius 3 is 2.57 bits per heavy atom. The molecule has 0 fully saturated rings. The minimum Gasteiger partial charge on any atom is -0.493 e. The molecular weight excluding hydrogens is 470 g/mol. The maximum Gasteiger partial charge on any atom is 0.335 e. The largest absolute Gasteiger partial charge is 0.493 e. The topological polar surface area (TPSA) is 67.8 Å². The molecule has 0 aromatic heterocycles. The van der Waals surface area contributed by atoms with Gasteiger partial charge < -0.3 is 19.9 Å². The first-order chi connectivity index (χ1) is 14.4. The van der Waals surface area contributed by atoms with E-state index in [4.69, 9.17) is 26.2 Å². The van der Waals surface area contributed by atoms with Gasteiger partial charge in [-0.25, -0.2) is 4.79 Å². The molecule has 0 amide bonds. The number of methoxy groups -OCH3 is 1. The summed E-state index contributed by atoms with van der Waals surface area (Å²) < 4.78 is 12.3. The van der Waals surface area contributed by atoms with Crippen molar-refractivity contribution in [1.82, 2.24) is 0 Å². The number of hydrogen-bond acceptors (Lipinski definition) is 4. The van der Waals surface area contributed by atoms with E-state index < -0.39 is 5.97 Å². The summed E-state index contributed by atoms with van der Waals surface area (Å²) in [6.07, 6.45) is 0. The predicted octanol–water partition coefficient (Wildman–Crippen LogP) is 6.31. The number of carboxylic acids is 1. The van der Waals surface area contributed by atoms with Crippen molar-refractivity contribution in [3.8, 4) is 11.5 Å². The molecule has 0 bridgehead atoms. The lowest BCUT2D eigenvalue weighted by molar-refractivity contribution is 0.0697. The molecule has 0 spiro atoms. The fraction of sp³-hybridized carbons (Fsp3) is 0.174. The maximum atomic E-state index is 11.2. The third kappa shape index (κ3) is 5.26. The molecule has 5 nitrogen and oxygen atoms in total. The van der Waals surface area contributed by atoms with Gasteiger partial charge in [-0.3, -0.25) is 0 Å². The van der Waals surface area contributed by atoms with Gasteiger partial charge in [0.25, 0.3) is 0 Å². The Kier molecular flexibility index (Phi) is 7.24. The van der Waals surface area contributed by atoms with E-state index in [2.05, 4.69) is 21.2 Å². The molecule has 0 atom stereocenters. The first-order valence-corrected chi connectivity index (χ1v) is 10.4. The molecule has 0 saturated heterocycles. The normalized spacial score (nSPS) is 10.5. The molecular formula is C23H21BrClNO4. The zero-order valence-corrected chi connectivity index (χ0v) is 18.9. The highest BCUT2D eigenvalue weighted by atomic mass is 79.9. The van der Waals surface area contributed by atoms with Gasteiger partial charge in [-0.05, 0) is 53.9 Å². The van der Waals surface area contributed by atoms with Crippen LogP contribution in [0.1, 0.15) is 27.0 Å². The van der Waals surface area contributed by atoms with Crippen LogP contribution in [-0.4, -0.2) is 18.2 Å². The molecule has 0 unspecified atom stereocenters. The fourth-order valence-electron chi connectivity index (χ4n) is 2.90. The standard InChI is InChI=1S/C23H21BrClNO4/c1-14-5-3-4-6-16(14)13-30-22-11-18(24)17(10-21(22)29-2)12-26-20-9-15(23(27)28)7-8-19(20)25/h3-11,26H,12-13H2,1-2H3,(H,27,28). The molecule has 156 valence electrons. The van der Waals surface area contributed by atoms with Crippen LogP contribution < -0.4 is 14.8 Å². The van der Waals surface area contributed by atoms with Crippen molar-refractivity contribution < 1.29 is 19.4 Å². The van der Waals surface area contributed by atoms with Crippen LogP contribution in [0.4, 0.5) is 5.69 Å². The Labute approximate surface area is 188 Å². The second kappa shape index (κ2) is 9.87. The second-order valence-corrected chi connectivity index (χ2v) is 7.92. The van der Waals surface area contributed by atoms with Crippen molar-refractivity contribution in [2.45, 2.75) is 20.1 Å². The lowest BCUT2D eigenvalue weighted by Crippen LogP contribution is -2.05. The number of carbonyl (C=O) groups is 1. The van der Waals surface area contributed by atoms with Crippen LogP contribution in [0.15, 0.2) is 59.1 Å². The van der Waals surface area contributed by atoms with E-state index in [1.165, 1.54) is 12.1 Å². The molecule has 30 heavy (non-hydrogen) atoms. The minimum absolute atomic E-state index is 0.165. The van der Waals surface area contributed by atoms with Gasteiger partial charge in [0.2, 0.25) is 0 Å².